The summed E-state index contributed by atoms with van der Waals surface area (Å²) in [6, 6.07) is 20.1. The number of rotatable bonds is 9. The number of anilines is 1. The summed E-state index contributed by atoms with van der Waals surface area (Å²) in [5, 5.41) is 4.85. The van der Waals surface area contributed by atoms with Crippen LogP contribution < -0.4 is 9.75 Å². The largest absolute Gasteiger partial charge is 0.497 e. The zero-order valence-electron chi connectivity index (χ0n) is 18.9. The number of benzene rings is 3. The Hall–Kier alpha value is -4.14. The predicted octanol–water partition coefficient (Wildman–Crippen LogP) is 5.26. The summed E-state index contributed by atoms with van der Waals surface area (Å²) in [5.74, 6) is -0.729. The van der Waals surface area contributed by atoms with Crippen molar-refractivity contribution in [1.82, 2.24) is 0 Å². The Morgan fingerprint density at radius 2 is 1.69 bits per heavy atom. The lowest BCUT2D eigenvalue weighted by molar-refractivity contribution is -0.147. The van der Waals surface area contributed by atoms with Crippen molar-refractivity contribution in [3.05, 3.63) is 95.6 Å². The summed E-state index contributed by atoms with van der Waals surface area (Å²) in [5.41, 5.74) is 0.478. The van der Waals surface area contributed by atoms with E-state index in [9.17, 15) is 22.8 Å². The third-order valence-corrected chi connectivity index (χ3v) is 4.91. The van der Waals surface area contributed by atoms with E-state index in [4.69, 9.17) is 9.47 Å². The van der Waals surface area contributed by atoms with Gasteiger partial charge in [-0.2, -0.15) is 23.3 Å². The van der Waals surface area contributed by atoms with Crippen molar-refractivity contribution in [2.45, 2.75) is 19.0 Å². The molecule has 6 nitrogen and oxygen atoms in total. The zero-order valence-corrected chi connectivity index (χ0v) is 18.9. The van der Waals surface area contributed by atoms with Gasteiger partial charge < -0.3 is 9.47 Å². The van der Waals surface area contributed by atoms with Gasteiger partial charge in [-0.3, -0.25) is 9.59 Å². The summed E-state index contributed by atoms with van der Waals surface area (Å²) in [7, 11) is 1.55. The number of aryl methyl sites for hydroxylation is 1. The van der Waals surface area contributed by atoms with E-state index in [1.807, 2.05) is 12.1 Å². The first-order valence-electron chi connectivity index (χ1n) is 10.6. The quantitative estimate of drug-likeness (QED) is 0.236. The zero-order chi connectivity index (χ0) is 25.3. The summed E-state index contributed by atoms with van der Waals surface area (Å²) in [4.78, 5) is 25.0. The molecular weight excluding hydrogens is 461 g/mol. The molecule has 0 aromatic heterocycles. The number of ether oxygens (including phenoxy) is 2. The Balaban J connectivity index is 1.69. The first-order chi connectivity index (χ1) is 16.8. The number of methoxy groups -OCH3 is 1. The van der Waals surface area contributed by atoms with Crippen molar-refractivity contribution >= 4 is 23.8 Å². The van der Waals surface area contributed by atoms with Crippen LogP contribution in [-0.4, -0.2) is 31.8 Å². The molecule has 0 saturated heterocycles. The van der Waals surface area contributed by atoms with Crippen LogP contribution in [0.1, 0.15) is 23.1 Å². The highest BCUT2D eigenvalue weighted by molar-refractivity contribution is 5.96. The molecule has 0 aliphatic rings. The van der Waals surface area contributed by atoms with Crippen LogP contribution in [0.25, 0.3) is 0 Å². The summed E-state index contributed by atoms with van der Waals surface area (Å²) in [6.45, 7) is -0.677. The molecule has 0 heterocycles. The fourth-order valence-corrected chi connectivity index (χ4v) is 3.07. The van der Waals surface area contributed by atoms with E-state index < -0.39 is 30.2 Å². The molecule has 0 spiro atoms. The summed E-state index contributed by atoms with van der Waals surface area (Å²) >= 11 is 0. The van der Waals surface area contributed by atoms with Gasteiger partial charge in [-0.15, -0.1) is 0 Å². The Morgan fingerprint density at radius 1 is 0.971 bits per heavy atom. The highest BCUT2D eigenvalue weighted by Gasteiger charge is 2.31. The minimum atomic E-state index is -4.60. The third-order valence-electron chi connectivity index (χ3n) is 4.91. The fourth-order valence-electron chi connectivity index (χ4n) is 3.07. The third kappa shape index (κ3) is 7.70. The number of amides is 1. The molecular formula is C26H23F3N2O4. The molecule has 9 heteroatoms. The molecule has 0 bridgehead atoms. The van der Waals surface area contributed by atoms with Crippen molar-refractivity contribution in [2.75, 3.05) is 18.7 Å². The van der Waals surface area contributed by atoms with E-state index in [0.29, 0.717) is 17.7 Å². The van der Waals surface area contributed by atoms with Gasteiger partial charge in [0.1, 0.15) is 5.75 Å². The first kappa shape index (κ1) is 25.5. The highest BCUT2D eigenvalue weighted by atomic mass is 19.4. The van der Waals surface area contributed by atoms with Crippen LogP contribution in [0.4, 0.5) is 18.9 Å². The summed E-state index contributed by atoms with van der Waals surface area (Å²) < 4.78 is 49.7. The Labute approximate surface area is 200 Å². The average molecular weight is 484 g/mol. The van der Waals surface area contributed by atoms with Crippen LogP contribution in [0.3, 0.4) is 0 Å². The summed E-state index contributed by atoms with van der Waals surface area (Å²) in [6.07, 6.45) is -2.84. The van der Waals surface area contributed by atoms with Gasteiger partial charge in [-0.05, 0) is 47.9 Å². The van der Waals surface area contributed by atoms with Crippen molar-refractivity contribution in [3.8, 4) is 5.75 Å². The molecule has 0 fully saturated rings. The maximum atomic E-state index is 13.2. The van der Waals surface area contributed by atoms with Crippen LogP contribution in [0.2, 0.25) is 0 Å². The number of halogens is 3. The molecule has 0 unspecified atom stereocenters. The minimum absolute atomic E-state index is 0.0243. The van der Waals surface area contributed by atoms with E-state index >= 15 is 0 Å². The molecule has 0 aliphatic heterocycles. The molecule has 3 aromatic rings. The number of hydrogen-bond donors (Lipinski definition) is 0. The van der Waals surface area contributed by atoms with Gasteiger partial charge in [0.15, 0.2) is 6.61 Å². The van der Waals surface area contributed by atoms with Crippen LogP contribution in [0.15, 0.2) is 84.0 Å². The number of esters is 1. The standard InChI is InChI=1S/C26H23F3N2O4/c1-34-23-13-10-19(11-14-23)12-15-25(33)35-18-24(32)31(30-17-20-6-3-2-4-7-20)22-9-5-8-21(16-22)26(27,28)29/h2-11,13-14,16-17H,12,15,18H2,1H3/b30-17-. The van der Waals surface area contributed by atoms with Crippen molar-refractivity contribution in [3.63, 3.8) is 0 Å². The second kappa shape index (κ2) is 11.8. The second-order valence-electron chi connectivity index (χ2n) is 7.42. The highest BCUT2D eigenvalue weighted by Crippen LogP contribution is 2.31. The molecule has 0 atom stereocenters. The lowest BCUT2D eigenvalue weighted by atomic mass is 10.1. The van der Waals surface area contributed by atoms with Crippen molar-refractivity contribution in [2.24, 2.45) is 5.10 Å². The molecule has 1 amide bonds. The fraction of sp³-hybridized carbons (Fsp3) is 0.192. The molecule has 0 N–H and O–H groups in total. The van der Waals surface area contributed by atoms with Gasteiger partial charge in [0.2, 0.25) is 0 Å². The molecule has 3 rings (SSSR count). The van der Waals surface area contributed by atoms with Gasteiger partial charge in [-0.1, -0.05) is 48.5 Å². The van der Waals surface area contributed by atoms with Crippen LogP contribution in [0, 0.1) is 0 Å². The molecule has 0 saturated carbocycles. The molecule has 0 radical (unpaired) electrons. The van der Waals surface area contributed by atoms with Gasteiger partial charge in [0.25, 0.3) is 5.91 Å². The number of hydrazone groups is 1. The van der Waals surface area contributed by atoms with E-state index in [1.165, 1.54) is 18.3 Å². The monoisotopic (exact) mass is 484 g/mol. The van der Waals surface area contributed by atoms with Gasteiger partial charge in [-0.25, -0.2) is 0 Å². The Kier molecular flexibility index (Phi) is 8.61. The van der Waals surface area contributed by atoms with E-state index in [-0.39, 0.29) is 12.1 Å². The van der Waals surface area contributed by atoms with Crippen molar-refractivity contribution < 1.29 is 32.2 Å². The molecule has 182 valence electrons. The maximum Gasteiger partial charge on any atom is 0.416 e. The lowest BCUT2D eigenvalue weighted by Gasteiger charge is -2.18. The minimum Gasteiger partial charge on any atom is -0.497 e. The number of carbonyl (C=O) groups excluding carboxylic acids is 2. The van der Waals surface area contributed by atoms with Crippen molar-refractivity contribution in [1.29, 1.82) is 0 Å². The van der Waals surface area contributed by atoms with E-state index in [1.54, 1.807) is 49.6 Å². The van der Waals surface area contributed by atoms with Gasteiger partial charge >= 0.3 is 12.1 Å². The number of carbonyl (C=O) groups is 2. The second-order valence-corrected chi connectivity index (χ2v) is 7.42. The van der Waals surface area contributed by atoms with Crippen LogP contribution >= 0.6 is 0 Å². The molecule has 3 aromatic carbocycles. The van der Waals surface area contributed by atoms with Crippen LogP contribution in [0.5, 0.6) is 5.75 Å². The smallest absolute Gasteiger partial charge is 0.416 e. The number of nitrogens with zero attached hydrogens (tertiary/aromatic N) is 2. The average Bonchev–Trinajstić information content (AvgIpc) is 2.87. The SMILES string of the molecule is COc1ccc(CCC(=O)OCC(=O)N(/N=C\c2ccccc2)c2cccc(C(F)(F)F)c2)cc1. The normalized spacial score (nSPS) is 11.3. The topological polar surface area (TPSA) is 68.2 Å². The molecule has 35 heavy (non-hydrogen) atoms. The van der Waals surface area contributed by atoms with E-state index in [2.05, 4.69) is 5.10 Å². The number of hydrogen-bond acceptors (Lipinski definition) is 5. The van der Waals surface area contributed by atoms with E-state index in [0.717, 1.165) is 22.7 Å². The Morgan fingerprint density at radius 3 is 2.34 bits per heavy atom. The van der Waals surface area contributed by atoms with Crippen LogP contribution in [-0.2, 0) is 26.9 Å². The lowest BCUT2D eigenvalue weighted by Crippen LogP contribution is -2.31. The first-order valence-corrected chi connectivity index (χ1v) is 10.6. The maximum absolute atomic E-state index is 13.2. The predicted molar refractivity (Wildman–Crippen MR) is 125 cm³/mol. The Bertz CT molecular complexity index is 1160. The number of alkyl halides is 3. The molecule has 0 aliphatic carbocycles. The van der Waals surface area contributed by atoms with Gasteiger partial charge in [0, 0.05) is 6.42 Å². The van der Waals surface area contributed by atoms with Gasteiger partial charge in [0.05, 0.1) is 24.6 Å².